The molecule has 1 spiro atoms. The van der Waals surface area contributed by atoms with Crippen molar-refractivity contribution in [3.63, 3.8) is 0 Å². The number of anilines is 2. The molecule has 5 heterocycles. The molecule has 13 heteroatoms. The van der Waals surface area contributed by atoms with Crippen LogP contribution in [0.15, 0.2) is 18.5 Å². The Bertz CT molecular complexity index is 1430. The lowest BCUT2D eigenvalue weighted by Gasteiger charge is -2.45. The SMILES string of the molecule is CCN(CC)C1CN(c2nn(CC(C)(C)F)c3cc(-c4[nH]ncc4NC(=O)N4CC(F)(F)CCC45CC5)ncc23)C1. The Hall–Kier alpha value is -3.35. The lowest BCUT2D eigenvalue weighted by molar-refractivity contribution is -0.0721. The number of rotatable bonds is 8. The summed E-state index contributed by atoms with van der Waals surface area (Å²) in [5.74, 6) is -2.13. The fourth-order valence-corrected chi connectivity index (χ4v) is 6.24. The van der Waals surface area contributed by atoms with Gasteiger partial charge in [-0.15, -0.1) is 0 Å². The van der Waals surface area contributed by atoms with E-state index >= 15 is 0 Å². The van der Waals surface area contributed by atoms with Crippen molar-refractivity contribution < 1.29 is 18.0 Å². The fourth-order valence-electron chi connectivity index (χ4n) is 6.24. The van der Waals surface area contributed by atoms with E-state index in [1.54, 1.807) is 16.9 Å². The Kier molecular flexibility index (Phi) is 6.70. The van der Waals surface area contributed by atoms with Crippen LogP contribution in [-0.2, 0) is 6.54 Å². The normalized spacial score (nSPS) is 20.2. The molecule has 2 N–H and O–H groups in total. The minimum Gasteiger partial charge on any atom is -0.351 e. The van der Waals surface area contributed by atoms with Gasteiger partial charge in [0.2, 0.25) is 0 Å². The van der Waals surface area contributed by atoms with Gasteiger partial charge in [-0.2, -0.15) is 10.2 Å². The van der Waals surface area contributed by atoms with Gasteiger partial charge in [0.05, 0.1) is 41.6 Å². The van der Waals surface area contributed by atoms with Crippen molar-refractivity contribution in [1.29, 1.82) is 0 Å². The summed E-state index contributed by atoms with van der Waals surface area (Å²) >= 11 is 0. The maximum Gasteiger partial charge on any atom is 0.322 e. The molecule has 0 unspecified atom stereocenters. The number of likely N-dealkylation sites (N-methyl/N-ethyl adjacent to an activating group) is 1. The van der Waals surface area contributed by atoms with Gasteiger partial charge in [-0.25, -0.2) is 18.0 Å². The van der Waals surface area contributed by atoms with Crippen molar-refractivity contribution in [2.75, 3.05) is 42.9 Å². The molecule has 222 valence electrons. The van der Waals surface area contributed by atoms with Crippen LogP contribution in [0, 0.1) is 0 Å². The fraction of sp³-hybridized carbons (Fsp3) is 0.643. The summed E-state index contributed by atoms with van der Waals surface area (Å²) in [6.45, 7) is 10.4. The molecule has 1 aliphatic carbocycles. The highest BCUT2D eigenvalue weighted by Gasteiger charge is 2.57. The van der Waals surface area contributed by atoms with E-state index in [1.165, 1.54) is 24.9 Å². The second-order valence-corrected chi connectivity index (χ2v) is 12.3. The van der Waals surface area contributed by atoms with Crippen LogP contribution in [-0.4, -0.2) is 96.7 Å². The van der Waals surface area contributed by atoms with Gasteiger partial charge in [-0.1, -0.05) is 13.8 Å². The van der Waals surface area contributed by atoms with E-state index in [4.69, 9.17) is 5.10 Å². The van der Waals surface area contributed by atoms with Crippen molar-refractivity contribution in [3.8, 4) is 11.4 Å². The largest absolute Gasteiger partial charge is 0.351 e. The zero-order valence-corrected chi connectivity index (χ0v) is 24.1. The van der Waals surface area contributed by atoms with Gasteiger partial charge in [-0.05, 0) is 52.3 Å². The van der Waals surface area contributed by atoms with Gasteiger partial charge in [0.25, 0.3) is 5.92 Å². The predicted octanol–water partition coefficient (Wildman–Crippen LogP) is 4.90. The van der Waals surface area contributed by atoms with Crippen LogP contribution in [0.25, 0.3) is 22.3 Å². The molecule has 0 atom stereocenters. The second-order valence-electron chi connectivity index (χ2n) is 12.3. The number of nitrogens with zero attached hydrogens (tertiary/aromatic N) is 7. The Labute approximate surface area is 237 Å². The number of aromatic amines is 1. The van der Waals surface area contributed by atoms with E-state index in [2.05, 4.69) is 44.1 Å². The highest BCUT2D eigenvalue weighted by atomic mass is 19.3. The van der Waals surface area contributed by atoms with Crippen LogP contribution in [0.5, 0.6) is 0 Å². The highest BCUT2D eigenvalue weighted by molar-refractivity contribution is 5.96. The lowest BCUT2D eigenvalue weighted by Crippen LogP contribution is -2.59. The number of carbonyl (C=O) groups is 1. The summed E-state index contributed by atoms with van der Waals surface area (Å²) in [7, 11) is 0. The average molecular weight is 574 g/mol. The molecule has 2 aliphatic heterocycles. The first-order valence-corrected chi connectivity index (χ1v) is 14.5. The summed E-state index contributed by atoms with van der Waals surface area (Å²) in [6, 6.07) is 1.68. The third-order valence-corrected chi connectivity index (χ3v) is 8.76. The summed E-state index contributed by atoms with van der Waals surface area (Å²) in [6.07, 6.45) is 4.73. The molecule has 6 rings (SSSR count). The van der Waals surface area contributed by atoms with Crippen LogP contribution < -0.4 is 10.2 Å². The summed E-state index contributed by atoms with van der Waals surface area (Å²) in [4.78, 5) is 23.8. The van der Waals surface area contributed by atoms with E-state index < -0.39 is 29.7 Å². The van der Waals surface area contributed by atoms with Crippen LogP contribution in [0.3, 0.4) is 0 Å². The van der Waals surface area contributed by atoms with E-state index in [-0.39, 0.29) is 13.0 Å². The molecule has 41 heavy (non-hydrogen) atoms. The standard InChI is InChI=1S/C28H38F3N9O/c1-5-37(6-2)18-14-38(15-18)24-19-12-32-20(11-22(19)40(36-24)16-26(3,4)29)23-21(13-33-35-23)34-25(41)39-17-28(30,31)10-9-27(39)7-8-27/h11-13,18H,5-10,14-17H2,1-4H3,(H,33,35)(H,34,41). The first kappa shape index (κ1) is 27.8. The minimum atomic E-state index is -2.90. The number of halogens is 3. The number of fused-ring (bicyclic) bond motifs is 1. The third kappa shape index (κ3) is 5.24. The number of hydrogen-bond donors (Lipinski definition) is 2. The highest BCUT2D eigenvalue weighted by Crippen LogP contribution is 2.51. The Morgan fingerprint density at radius 2 is 1.88 bits per heavy atom. The van der Waals surface area contributed by atoms with Crippen molar-refractivity contribution in [1.82, 2.24) is 34.8 Å². The number of pyridine rings is 1. The second kappa shape index (κ2) is 9.88. The number of alkyl halides is 3. The van der Waals surface area contributed by atoms with Crippen molar-refractivity contribution >= 4 is 28.4 Å². The number of H-pyrrole nitrogens is 1. The quantitative estimate of drug-likeness (QED) is 0.398. The molecule has 3 aromatic heterocycles. The number of carbonyl (C=O) groups excluding carboxylic acids is 1. The monoisotopic (exact) mass is 573 g/mol. The number of likely N-dealkylation sites (tertiary alicyclic amines) is 1. The zero-order valence-electron chi connectivity index (χ0n) is 24.1. The van der Waals surface area contributed by atoms with Gasteiger partial charge in [0.1, 0.15) is 11.4 Å². The average Bonchev–Trinajstić information content (AvgIpc) is 3.39. The Morgan fingerprint density at radius 1 is 1.17 bits per heavy atom. The molecule has 3 aromatic rings. The van der Waals surface area contributed by atoms with Gasteiger partial charge in [-0.3, -0.25) is 19.7 Å². The van der Waals surface area contributed by atoms with E-state index in [0.29, 0.717) is 35.1 Å². The molecule has 2 amide bonds. The molecule has 0 aromatic carbocycles. The number of piperidine rings is 1. The third-order valence-electron chi connectivity index (χ3n) is 8.76. The molecule has 0 bridgehead atoms. The van der Waals surface area contributed by atoms with Crippen LogP contribution >= 0.6 is 0 Å². The van der Waals surface area contributed by atoms with E-state index in [9.17, 15) is 18.0 Å². The number of aromatic nitrogens is 5. The van der Waals surface area contributed by atoms with Gasteiger partial charge >= 0.3 is 6.03 Å². The van der Waals surface area contributed by atoms with E-state index in [0.717, 1.165) is 50.2 Å². The molecular weight excluding hydrogens is 535 g/mol. The van der Waals surface area contributed by atoms with Gasteiger partial charge in [0.15, 0.2) is 5.82 Å². The molecule has 2 saturated heterocycles. The molecule has 10 nitrogen and oxygen atoms in total. The van der Waals surface area contributed by atoms with Gasteiger partial charge in [0, 0.05) is 37.3 Å². The van der Waals surface area contributed by atoms with E-state index in [1.807, 2.05) is 0 Å². The summed E-state index contributed by atoms with van der Waals surface area (Å²) < 4.78 is 44.9. The Morgan fingerprint density at radius 3 is 2.54 bits per heavy atom. The van der Waals surface area contributed by atoms with Crippen LogP contribution in [0.4, 0.5) is 29.5 Å². The molecule has 0 radical (unpaired) electrons. The maximum atomic E-state index is 14.8. The number of amides is 2. The smallest absolute Gasteiger partial charge is 0.322 e. The number of urea groups is 1. The predicted molar refractivity (Wildman–Crippen MR) is 151 cm³/mol. The first-order valence-electron chi connectivity index (χ1n) is 14.5. The Balaban J connectivity index is 1.28. The van der Waals surface area contributed by atoms with Crippen LogP contribution in [0.1, 0.15) is 53.4 Å². The maximum absolute atomic E-state index is 14.8. The van der Waals surface area contributed by atoms with Crippen molar-refractivity contribution in [2.24, 2.45) is 0 Å². The summed E-state index contributed by atoms with van der Waals surface area (Å²) in [5, 5.41) is 15.4. The molecular formula is C28H38F3N9O. The number of nitrogens with one attached hydrogen (secondary N) is 2. The summed E-state index contributed by atoms with van der Waals surface area (Å²) in [5.41, 5.74) is -0.0100. The van der Waals surface area contributed by atoms with Crippen molar-refractivity contribution in [3.05, 3.63) is 18.5 Å². The van der Waals surface area contributed by atoms with Gasteiger partial charge < -0.3 is 15.1 Å². The zero-order chi connectivity index (χ0) is 29.2. The molecule has 3 aliphatic rings. The first-order chi connectivity index (χ1) is 19.4. The topological polar surface area (TPSA) is 98.2 Å². The molecule has 1 saturated carbocycles. The minimum absolute atomic E-state index is 0.0537. The molecule has 3 fully saturated rings. The van der Waals surface area contributed by atoms with Crippen molar-refractivity contribution in [2.45, 2.75) is 83.1 Å². The lowest BCUT2D eigenvalue weighted by atomic mass is 9.97. The van der Waals surface area contributed by atoms with Crippen LogP contribution in [0.2, 0.25) is 0 Å². The number of hydrogen-bond acceptors (Lipinski definition) is 6.